The van der Waals surface area contributed by atoms with E-state index in [1.807, 2.05) is 6.92 Å². The highest BCUT2D eigenvalue weighted by Gasteiger charge is 2.05. The van der Waals surface area contributed by atoms with Crippen molar-refractivity contribution in [2.45, 2.75) is 142 Å². The van der Waals surface area contributed by atoms with Crippen molar-refractivity contribution < 1.29 is 9.13 Å². The molecule has 0 amide bonds. The van der Waals surface area contributed by atoms with Crippen LogP contribution in [0.5, 0.6) is 0 Å². The van der Waals surface area contributed by atoms with Crippen LogP contribution in [0.25, 0.3) is 0 Å². The predicted octanol–water partition coefficient (Wildman–Crippen LogP) is 8.79. The van der Waals surface area contributed by atoms with E-state index in [1.54, 1.807) is 0 Å². The van der Waals surface area contributed by atoms with Crippen molar-refractivity contribution in [2.24, 2.45) is 0 Å². The normalized spacial score (nSPS) is 12.6. The molecule has 0 N–H and O–H groups in total. The van der Waals surface area contributed by atoms with Gasteiger partial charge in [-0.05, 0) is 26.2 Å². The van der Waals surface area contributed by atoms with Gasteiger partial charge in [0.05, 0.1) is 0 Å². The average molecular weight is 373 g/mol. The van der Waals surface area contributed by atoms with Gasteiger partial charge in [0.1, 0.15) is 6.17 Å². The summed E-state index contributed by atoms with van der Waals surface area (Å²) in [7, 11) is 0. The molecule has 1 unspecified atom stereocenters. The van der Waals surface area contributed by atoms with E-state index in [9.17, 15) is 4.39 Å². The monoisotopic (exact) mass is 372 g/mol. The van der Waals surface area contributed by atoms with Crippen LogP contribution in [0.3, 0.4) is 0 Å². The summed E-state index contributed by atoms with van der Waals surface area (Å²) in [6.07, 6.45) is 23.2. The molecule has 2 heteroatoms. The Morgan fingerprint density at radius 3 is 1.35 bits per heavy atom. The number of ether oxygens (including phenoxy) is 1. The molecule has 0 aromatic carbocycles. The van der Waals surface area contributed by atoms with Gasteiger partial charge in [-0.2, -0.15) is 0 Å². The van der Waals surface area contributed by atoms with E-state index in [2.05, 4.69) is 6.92 Å². The van der Waals surface area contributed by atoms with Crippen LogP contribution < -0.4 is 0 Å². The van der Waals surface area contributed by atoms with Gasteiger partial charge in [-0.25, -0.2) is 4.39 Å². The largest absolute Gasteiger partial charge is 0.382 e. The SMILES string of the molecule is CCCCCCCCCCCCCCCC(F)CCCCCCOCC. The van der Waals surface area contributed by atoms with Crippen LogP contribution in [0.4, 0.5) is 4.39 Å². The molecule has 158 valence electrons. The van der Waals surface area contributed by atoms with Gasteiger partial charge >= 0.3 is 0 Å². The van der Waals surface area contributed by atoms with E-state index in [0.29, 0.717) is 0 Å². The molecular formula is C24H49FO. The first-order chi connectivity index (χ1) is 12.8. The molecule has 0 rings (SSSR count). The molecule has 0 aliphatic rings. The van der Waals surface area contributed by atoms with Crippen LogP contribution in [0.1, 0.15) is 136 Å². The topological polar surface area (TPSA) is 9.23 Å². The van der Waals surface area contributed by atoms with Crippen molar-refractivity contribution in [3.05, 3.63) is 0 Å². The van der Waals surface area contributed by atoms with E-state index in [0.717, 1.165) is 51.7 Å². The predicted molar refractivity (Wildman–Crippen MR) is 115 cm³/mol. The van der Waals surface area contributed by atoms with Gasteiger partial charge in [-0.15, -0.1) is 0 Å². The summed E-state index contributed by atoms with van der Waals surface area (Å²) in [5.74, 6) is 0. The van der Waals surface area contributed by atoms with Crippen LogP contribution in [0.2, 0.25) is 0 Å². The first-order valence-corrected chi connectivity index (χ1v) is 12.0. The summed E-state index contributed by atoms with van der Waals surface area (Å²) >= 11 is 0. The maximum atomic E-state index is 13.8. The number of unbranched alkanes of at least 4 members (excludes halogenated alkanes) is 15. The zero-order chi connectivity index (χ0) is 19.1. The van der Waals surface area contributed by atoms with Gasteiger partial charge in [0.2, 0.25) is 0 Å². The molecule has 0 aliphatic heterocycles. The minimum Gasteiger partial charge on any atom is -0.382 e. The Hall–Kier alpha value is -0.110. The van der Waals surface area contributed by atoms with Crippen LogP contribution >= 0.6 is 0 Å². The maximum absolute atomic E-state index is 13.8. The summed E-state index contributed by atoms with van der Waals surface area (Å²) in [4.78, 5) is 0. The third kappa shape index (κ3) is 21.9. The fraction of sp³-hybridized carbons (Fsp3) is 1.00. The molecular weight excluding hydrogens is 323 g/mol. The number of alkyl halides is 1. The first-order valence-electron chi connectivity index (χ1n) is 12.0. The summed E-state index contributed by atoms with van der Waals surface area (Å²) in [6, 6.07) is 0. The maximum Gasteiger partial charge on any atom is 0.100 e. The molecule has 1 nitrogen and oxygen atoms in total. The molecule has 0 saturated heterocycles. The molecule has 0 aromatic heterocycles. The summed E-state index contributed by atoms with van der Waals surface area (Å²) in [5, 5.41) is 0. The third-order valence-corrected chi connectivity index (χ3v) is 5.38. The summed E-state index contributed by atoms with van der Waals surface area (Å²) < 4.78 is 19.2. The Labute approximate surface area is 164 Å². The minimum atomic E-state index is -0.561. The van der Waals surface area contributed by atoms with Crippen molar-refractivity contribution >= 4 is 0 Å². The van der Waals surface area contributed by atoms with Crippen molar-refractivity contribution in [3.63, 3.8) is 0 Å². The molecule has 0 fully saturated rings. The Bertz CT molecular complexity index is 244. The quantitative estimate of drug-likeness (QED) is 0.172. The number of hydrogen-bond acceptors (Lipinski definition) is 1. The second-order valence-electron chi connectivity index (χ2n) is 8.03. The Morgan fingerprint density at radius 2 is 0.923 bits per heavy atom. The fourth-order valence-electron chi connectivity index (χ4n) is 3.60. The lowest BCUT2D eigenvalue weighted by Gasteiger charge is -2.08. The second kappa shape index (κ2) is 22.9. The Morgan fingerprint density at radius 1 is 0.538 bits per heavy atom. The fourth-order valence-corrected chi connectivity index (χ4v) is 3.60. The van der Waals surface area contributed by atoms with Gasteiger partial charge in [-0.3, -0.25) is 0 Å². The average Bonchev–Trinajstić information content (AvgIpc) is 2.64. The van der Waals surface area contributed by atoms with Gasteiger partial charge in [0, 0.05) is 13.2 Å². The Kier molecular flexibility index (Phi) is 22.8. The molecule has 0 heterocycles. The molecule has 0 aliphatic carbocycles. The standard InChI is InChI=1S/C24H49FO/c1-3-5-6-7-8-9-10-11-12-13-14-15-18-21-24(25)22-19-16-17-20-23-26-4-2/h24H,3-23H2,1-2H3. The van der Waals surface area contributed by atoms with Crippen molar-refractivity contribution in [1.82, 2.24) is 0 Å². The highest BCUT2D eigenvalue weighted by molar-refractivity contribution is 4.58. The van der Waals surface area contributed by atoms with Crippen molar-refractivity contribution in [3.8, 4) is 0 Å². The highest BCUT2D eigenvalue weighted by Crippen LogP contribution is 2.16. The van der Waals surface area contributed by atoms with Crippen molar-refractivity contribution in [1.29, 1.82) is 0 Å². The second-order valence-corrected chi connectivity index (χ2v) is 8.03. The zero-order valence-electron chi connectivity index (χ0n) is 18.2. The number of halogens is 1. The van der Waals surface area contributed by atoms with Crippen LogP contribution in [-0.2, 0) is 4.74 Å². The number of hydrogen-bond donors (Lipinski definition) is 0. The van der Waals surface area contributed by atoms with E-state index in [4.69, 9.17) is 4.74 Å². The number of rotatable bonds is 22. The van der Waals surface area contributed by atoms with E-state index in [1.165, 1.54) is 83.5 Å². The van der Waals surface area contributed by atoms with Gasteiger partial charge in [0.25, 0.3) is 0 Å². The molecule has 0 saturated carbocycles. The van der Waals surface area contributed by atoms with Gasteiger partial charge in [0.15, 0.2) is 0 Å². The first kappa shape index (κ1) is 25.9. The van der Waals surface area contributed by atoms with E-state index in [-0.39, 0.29) is 0 Å². The van der Waals surface area contributed by atoms with Crippen LogP contribution in [0, 0.1) is 0 Å². The molecule has 26 heavy (non-hydrogen) atoms. The lowest BCUT2D eigenvalue weighted by atomic mass is 10.0. The Balaban J connectivity index is 3.10. The highest BCUT2D eigenvalue weighted by atomic mass is 19.1. The molecule has 0 radical (unpaired) electrons. The lowest BCUT2D eigenvalue weighted by Crippen LogP contribution is -2.00. The minimum absolute atomic E-state index is 0.561. The smallest absolute Gasteiger partial charge is 0.100 e. The van der Waals surface area contributed by atoms with Crippen LogP contribution in [-0.4, -0.2) is 19.4 Å². The lowest BCUT2D eigenvalue weighted by molar-refractivity contribution is 0.142. The zero-order valence-corrected chi connectivity index (χ0v) is 18.2. The van der Waals surface area contributed by atoms with Gasteiger partial charge < -0.3 is 4.74 Å². The summed E-state index contributed by atoms with van der Waals surface area (Å²) in [6.45, 7) is 5.99. The summed E-state index contributed by atoms with van der Waals surface area (Å²) in [5.41, 5.74) is 0. The third-order valence-electron chi connectivity index (χ3n) is 5.38. The van der Waals surface area contributed by atoms with E-state index >= 15 is 0 Å². The van der Waals surface area contributed by atoms with Crippen molar-refractivity contribution in [2.75, 3.05) is 13.2 Å². The molecule has 0 aromatic rings. The van der Waals surface area contributed by atoms with Gasteiger partial charge in [-0.1, -0.05) is 110 Å². The molecule has 0 bridgehead atoms. The van der Waals surface area contributed by atoms with Crippen LogP contribution in [0.15, 0.2) is 0 Å². The van der Waals surface area contributed by atoms with E-state index < -0.39 is 6.17 Å². The molecule has 1 atom stereocenters. The molecule has 0 spiro atoms.